The van der Waals surface area contributed by atoms with Crippen molar-refractivity contribution in [1.82, 2.24) is 0 Å². The van der Waals surface area contributed by atoms with Crippen molar-refractivity contribution in [2.24, 2.45) is 0 Å². The largest absolute Gasteiger partial charge is 0.489 e. The zero-order valence-electron chi connectivity index (χ0n) is 11.2. The molecule has 0 bridgehead atoms. The molecule has 3 heteroatoms. The van der Waals surface area contributed by atoms with Crippen molar-refractivity contribution in [2.75, 3.05) is 11.9 Å². The molecule has 0 aliphatic heterocycles. The minimum Gasteiger partial charge on any atom is -0.489 e. The number of halogens is 1. The van der Waals surface area contributed by atoms with Crippen molar-refractivity contribution in [2.45, 2.75) is 20.0 Å². The Morgan fingerprint density at radius 2 is 1.79 bits per heavy atom. The van der Waals surface area contributed by atoms with Crippen LogP contribution in [-0.4, -0.2) is 12.6 Å². The van der Waals surface area contributed by atoms with E-state index in [0.717, 1.165) is 28.6 Å². The number of rotatable bonds is 5. The van der Waals surface area contributed by atoms with Gasteiger partial charge in [-0.1, -0.05) is 29.8 Å². The SMILES string of the molecule is Cc1ccccc1OC(C)CNc1ccc(Cl)cc1. The second kappa shape index (κ2) is 6.48. The highest BCUT2D eigenvalue weighted by atomic mass is 35.5. The lowest BCUT2D eigenvalue weighted by atomic mass is 10.2. The average Bonchev–Trinajstić information content (AvgIpc) is 2.41. The fourth-order valence-electron chi connectivity index (χ4n) is 1.78. The van der Waals surface area contributed by atoms with Crippen LogP contribution in [0, 0.1) is 6.92 Å². The van der Waals surface area contributed by atoms with E-state index < -0.39 is 0 Å². The highest BCUT2D eigenvalue weighted by Crippen LogP contribution is 2.18. The number of hydrogen-bond acceptors (Lipinski definition) is 2. The smallest absolute Gasteiger partial charge is 0.122 e. The van der Waals surface area contributed by atoms with Gasteiger partial charge in [0.25, 0.3) is 0 Å². The van der Waals surface area contributed by atoms with Gasteiger partial charge < -0.3 is 10.1 Å². The quantitative estimate of drug-likeness (QED) is 0.866. The molecular formula is C16H18ClNO. The fourth-order valence-corrected chi connectivity index (χ4v) is 1.90. The van der Waals surface area contributed by atoms with Gasteiger partial charge in [0.2, 0.25) is 0 Å². The molecule has 2 aromatic rings. The Kier molecular flexibility index (Phi) is 4.69. The number of hydrogen-bond donors (Lipinski definition) is 1. The monoisotopic (exact) mass is 275 g/mol. The number of nitrogens with one attached hydrogen (secondary N) is 1. The van der Waals surface area contributed by atoms with Crippen LogP contribution < -0.4 is 10.1 Å². The van der Waals surface area contributed by atoms with Gasteiger partial charge in [-0.3, -0.25) is 0 Å². The van der Waals surface area contributed by atoms with Gasteiger partial charge in [-0.2, -0.15) is 0 Å². The molecule has 0 heterocycles. The van der Waals surface area contributed by atoms with E-state index in [2.05, 4.69) is 25.2 Å². The zero-order valence-corrected chi connectivity index (χ0v) is 11.9. The topological polar surface area (TPSA) is 21.3 Å². The van der Waals surface area contributed by atoms with Crippen LogP contribution in [0.3, 0.4) is 0 Å². The number of anilines is 1. The predicted octanol–water partition coefficient (Wildman–Crippen LogP) is 4.53. The molecule has 0 aliphatic rings. The van der Waals surface area contributed by atoms with Crippen molar-refractivity contribution < 1.29 is 4.74 Å². The van der Waals surface area contributed by atoms with Crippen molar-refractivity contribution in [3.8, 4) is 5.75 Å². The maximum absolute atomic E-state index is 5.90. The lowest BCUT2D eigenvalue weighted by Crippen LogP contribution is -2.22. The van der Waals surface area contributed by atoms with Crippen molar-refractivity contribution in [3.05, 3.63) is 59.1 Å². The predicted molar refractivity (Wildman–Crippen MR) is 81.2 cm³/mol. The van der Waals surface area contributed by atoms with Gasteiger partial charge >= 0.3 is 0 Å². The first kappa shape index (κ1) is 13.8. The van der Waals surface area contributed by atoms with Crippen LogP contribution in [0.5, 0.6) is 5.75 Å². The van der Waals surface area contributed by atoms with Crippen molar-refractivity contribution in [1.29, 1.82) is 0 Å². The summed E-state index contributed by atoms with van der Waals surface area (Å²) >= 11 is 5.85. The molecule has 0 saturated heterocycles. The van der Waals surface area contributed by atoms with E-state index in [0.29, 0.717) is 0 Å². The molecule has 1 N–H and O–H groups in total. The number of para-hydroxylation sites is 1. The summed E-state index contributed by atoms with van der Waals surface area (Å²) in [5.74, 6) is 0.938. The summed E-state index contributed by atoms with van der Waals surface area (Å²) in [5.41, 5.74) is 2.20. The molecule has 0 amide bonds. The lowest BCUT2D eigenvalue weighted by molar-refractivity contribution is 0.233. The standard InChI is InChI=1S/C16H18ClNO/c1-12-5-3-4-6-16(12)19-13(2)11-18-15-9-7-14(17)8-10-15/h3-10,13,18H,11H2,1-2H3. The number of aryl methyl sites for hydroxylation is 1. The number of ether oxygens (including phenoxy) is 1. The third-order valence-electron chi connectivity index (χ3n) is 2.86. The minimum absolute atomic E-state index is 0.0942. The van der Waals surface area contributed by atoms with Crippen LogP contribution in [0.25, 0.3) is 0 Å². The third kappa shape index (κ3) is 4.18. The van der Waals surface area contributed by atoms with E-state index in [-0.39, 0.29) is 6.10 Å². The second-order valence-electron chi connectivity index (χ2n) is 4.58. The van der Waals surface area contributed by atoms with Crippen LogP contribution in [0.4, 0.5) is 5.69 Å². The maximum atomic E-state index is 5.90. The Balaban J connectivity index is 1.86. The zero-order chi connectivity index (χ0) is 13.7. The molecule has 2 nitrogen and oxygen atoms in total. The summed E-state index contributed by atoms with van der Waals surface area (Å²) in [5, 5.41) is 4.07. The van der Waals surface area contributed by atoms with E-state index in [9.17, 15) is 0 Å². The van der Waals surface area contributed by atoms with Gasteiger partial charge in [-0.05, 0) is 49.7 Å². The van der Waals surface area contributed by atoms with Gasteiger partial charge in [-0.15, -0.1) is 0 Å². The van der Waals surface area contributed by atoms with Gasteiger partial charge in [0.05, 0.1) is 6.54 Å². The van der Waals surface area contributed by atoms with Gasteiger partial charge in [-0.25, -0.2) is 0 Å². The molecule has 19 heavy (non-hydrogen) atoms. The molecule has 1 atom stereocenters. The van der Waals surface area contributed by atoms with Crippen LogP contribution in [0.1, 0.15) is 12.5 Å². The van der Waals surface area contributed by atoms with Crippen LogP contribution in [-0.2, 0) is 0 Å². The Bertz CT molecular complexity index is 525. The fraction of sp³-hybridized carbons (Fsp3) is 0.250. The van der Waals surface area contributed by atoms with Crippen LogP contribution in [0.2, 0.25) is 5.02 Å². The van der Waals surface area contributed by atoms with Gasteiger partial charge in [0.1, 0.15) is 11.9 Å². The van der Waals surface area contributed by atoms with Crippen molar-refractivity contribution in [3.63, 3.8) is 0 Å². The Hall–Kier alpha value is -1.67. The Morgan fingerprint density at radius 1 is 1.11 bits per heavy atom. The summed E-state index contributed by atoms with van der Waals surface area (Å²) in [7, 11) is 0. The van der Waals surface area contributed by atoms with Gasteiger partial charge in [0, 0.05) is 10.7 Å². The molecule has 2 aromatic carbocycles. The van der Waals surface area contributed by atoms with Gasteiger partial charge in [0.15, 0.2) is 0 Å². The normalized spacial score (nSPS) is 11.9. The summed E-state index contributed by atoms with van der Waals surface area (Å²) in [6.45, 7) is 4.85. The van der Waals surface area contributed by atoms with E-state index in [1.54, 1.807) is 0 Å². The van der Waals surface area contributed by atoms with Crippen LogP contribution in [0.15, 0.2) is 48.5 Å². The summed E-state index contributed by atoms with van der Waals surface area (Å²) < 4.78 is 5.90. The highest BCUT2D eigenvalue weighted by molar-refractivity contribution is 6.30. The Morgan fingerprint density at radius 3 is 2.47 bits per heavy atom. The molecule has 0 aromatic heterocycles. The van der Waals surface area contributed by atoms with E-state index >= 15 is 0 Å². The first-order chi connectivity index (χ1) is 9.15. The summed E-state index contributed by atoms with van der Waals surface area (Å²) in [6.07, 6.45) is 0.0942. The second-order valence-corrected chi connectivity index (χ2v) is 5.02. The molecule has 0 radical (unpaired) electrons. The average molecular weight is 276 g/mol. The lowest BCUT2D eigenvalue weighted by Gasteiger charge is -2.17. The first-order valence-electron chi connectivity index (χ1n) is 6.37. The molecular weight excluding hydrogens is 258 g/mol. The molecule has 0 spiro atoms. The third-order valence-corrected chi connectivity index (χ3v) is 3.11. The van der Waals surface area contributed by atoms with E-state index in [1.807, 2.05) is 42.5 Å². The summed E-state index contributed by atoms with van der Waals surface area (Å²) in [6, 6.07) is 15.7. The minimum atomic E-state index is 0.0942. The molecule has 0 saturated carbocycles. The molecule has 2 rings (SSSR count). The number of benzene rings is 2. The van der Waals surface area contributed by atoms with Crippen LogP contribution >= 0.6 is 11.6 Å². The molecule has 100 valence electrons. The molecule has 1 unspecified atom stereocenters. The Labute approximate surface area is 119 Å². The summed E-state index contributed by atoms with van der Waals surface area (Å²) in [4.78, 5) is 0. The first-order valence-corrected chi connectivity index (χ1v) is 6.74. The molecule has 0 aliphatic carbocycles. The van der Waals surface area contributed by atoms with Crippen molar-refractivity contribution >= 4 is 17.3 Å². The highest BCUT2D eigenvalue weighted by Gasteiger charge is 2.05. The maximum Gasteiger partial charge on any atom is 0.122 e. The molecule has 0 fully saturated rings. The van der Waals surface area contributed by atoms with E-state index in [1.165, 1.54) is 0 Å². The van der Waals surface area contributed by atoms with E-state index in [4.69, 9.17) is 16.3 Å².